The molecule has 0 spiro atoms. The maximum absolute atomic E-state index is 5.86. The molecule has 0 radical (unpaired) electrons. The van der Waals surface area contributed by atoms with E-state index in [1.54, 1.807) is 0 Å². The summed E-state index contributed by atoms with van der Waals surface area (Å²) >= 11 is 0. The molecule has 0 aliphatic carbocycles. The van der Waals surface area contributed by atoms with Crippen molar-refractivity contribution in [3.05, 3.63) is 17.5 Å². The summed E-state index contributed by atoms with van der Waals surface area (Å²) in [6, 6.07) is 0. The number of rotatable bonds is 5. The van der Waals surface area contributed by atoms with Gasteiger partial charge in [-0.3, -0.25) is 0 Å². The predicted octanol–water partition coefficient (Wildman–Crippen LogP) is 1.65. The molecule has 3 heterocycles. The van der Waals surface area contributed by atoms with Crippen molar-refractivity contribution in [1.82, 2.24) is 15.3 Å². The lowest BCUT2D eigenvalue weighted by molar-refractivity contribution is 0.0299. The van der Waals surface area contributed by atoms with Gasteiger partial charge in [0.05, 0.1) is 12.2 Å². The Hall–Kier alpha value is -1.20. The van der Waals surface area contributed by atoms with Gasteiger partial charge < -0.3 is 15.0 Å². The van der Waals surface area contributed by atoms with E-state index >= 15 is 0 Å². The van der Waals surface area contributed by atoms with E-state index in [2.05, 4.69) is 29.0 Å². The van der Waals surface area contributed by atoms with Gasteiger partial charge in [0.15, 0.2) is 0 Å². The Morgan fingerprint density at radius 2 is 2.10 bits per heavy atom. The van der Waals surface area contributed by atoms with Crippen molar-refractivity contribution in [3.8, 4) is 0 Å². The van der Waals surface area contributed by atoms with Crippen LogP contribution in [0.4, 0.5) is 5.95 Å². The maximum atomic E-state index is 5.86. The van der Waals surface area contributed by atoms with Crippen molar-refractivity contribution in [2.24, 2.45) is 0 Å². The van der Waals surface area contributed by atoms with Crippen LogP contribution in [-0.2, 0) is 11.3 Å². The quantitative estimate of drug-likeness (QED) is 0.829. The van der Waals surface area contributed by atoms with Crippen molar-refractivity contribution in [1.29, 1.82) is 0 Å². The van der Waals surface area contributed by atoms with E-state index in [4.69, 9.17) is 9.72 Å². The van der Waals surface area contributed by atoms with Crippen molar-refractivity contribution >= 4 is 5.95 Å². The Kier molecular flexibility index (Phi) is 4.17. The summed E-state index contributed by atoms with van der Waals surface area (Å²) in [7, 11) is 0. The highest BCUT2D eigenvalue weighted by Gasteiger charge is 2.34. The summed E-state index contributed by atoms with van der Waals surface area (Å²) in [5.74, 6) is 0.863. The first kappa shape index (κ1) is 13.8. The molecular formula is C15H24N4O. The highest BCUT2D eigenvalue weighted by atomic mass is 16.5. The van der Waals surface area contributed by atoms with E-state index in [0.717, 1.165) is 44.2 Å². The molecule has 0 saturated carbocycles. The van der Waals surface area contributed by atoms with Gasteiger partial charge in [-0.1, -0.05) is 6.92 Å². The number of hydrogen-bond acceptors (Lipinski definition) is 5. The minimum Gasteiger partial charge on any atom is -0.371 e. The Bertz CT molecular complexity index is 453. The first-order valence-electron chi connectivity index (χ1n) is 7.70. The second-order valence-corrected chi connectivity index (χ2v) is 5.82. The molecule has 2 saturated heterocycles. The van der Waals surface area contributed by atoms with Crippen LogP contribution in [0.3, 0.4) is 0 Å². The number of nitrogens with one attached hydrogen (secondary N) is 1. The average molecular weight is 276 g/mol. The van der Waals surface area contributed by atoms with E-state index in [9.17, 15) is 0 Å². The molecule has 2 aliphatic heterocycles. The zero-order valence-electron chi connectivity index (χ0n) is 12.4. The zero-order valence-corrected chi connectivity index (χ0v) is 12.4. The SMILES string of the molecule is CCCNCc1cnc(N2CC3CCC(C2)O3)nc1C. The number of fused-ring (bicyclic) bond motifs is 2. The Morgan fingerprint density at radius 3 is 2.75 bits per heavy atom. The lowest BCUT2D eigenvalue weighted by atomic mass is 10.2. The zero-order chi connectivity index (χ0) is 13.9. The van der Waals surface area contributed by atoms with Crippen molar-refractivity contribution in [3.63, 3.8) is 0 Å². The number of anilines is 1. The topological polar surface area (TPSA) is 50.3 Å². The van der Waals surface area contributed by atoms with Gasteiger partial charge in [0.1, 0.15) is 0 Å². The van der Waals surface area contributed by atoms with Crippen molar-refractivity contribution in [2.75, 3.05) is 24.5 Å². The van der Waals surface area contributed by atoms with Gasteiger partial charge in [0.25, 0.3) is 0 Å². The molecule has 1 aromatic rings. The predicted molar refractivity (Wildman–Crippen MR) is 78.9 cm³/mol. The third-order valence-corrected chi connectivity index (χ3v) is 4.14. The molecule has 2 fully saturated rings. The number of hydrogen-bond donors (Lipinski definition) is 1. The molecule has 3 rings (SSSR count). The molecule has 5 heteroatoms. The van der Waals surface area contributed by atoms with Gasteiger partial charge in [0, 0.05) is 37.1 Å². The number of aromatic nitrogens is 2. The van der Waals surface area contributed by atoms with Crippen molar-refractivity contribution in [2.45, 2.75) is 51.9 Å². The standard InChI is InChI=1S/C15H24N4O/c1-3-6-16-7-12-8-17-15(18-11(12)2)19-9-13-4-5-14(10-19)20-13/h8,13-14,16H,3-7,9-10H2,1-2H3. The first-order chi connectivity index (χ1) is 9.76. The van der Waals surface area contributed by atoms with Gasteiger partial charge in [0.2, 0.25) is 5.95 Å². The van der Waals surface area contributed by atoms with E-state index in [1.807, 2.05) is 6.20 Å². The molecule has 2 atom stereocenters. The lowest BCUT2D eigenvalue weighted by Gasteiger charge is -2.32. The van der Waals surface area contributed by atoms with Crippen LogP contribution in [0, 0.1) is 6.92 Å². The normalized spacial score (nSPS) is 25.2. The van der Waals surface area contributed by atoms with Crippen LogP contribution in [0.25, 0.3) is 0 Å². The molecule has 2 bridgehead atoms. The van der Waals surface area contributed by atoms with Gasteiger partial charge in [-0.15, -0.1) is 0 Å². The molecule has 5 nitrogen and oxygen atoms in total. The number of morpholine rings is 1. The highest BCUT2D eigenvalue weighted by Crippen LogP contribution is 2.28. The third kappa shape index (κ3) is 2.94. The molecule has 110 valence electrons. The van der Waals surface area contributed by atoms with Crippen molar-refractivity contribution < 1.29 is 4.74 Å². The van der Waals surface area contributed by atoms with E-state index in [0.29, 0.717) is 12.2 Å². The van der Waals surface area contributed by atoms with Gasteiger partial charge in [-0.25, -0.2) is 9.97 Å². The lowest BCUT2D eigenvalue weighted by Crippen LogP contribution is -2.43. The Morgan fingerprint density at radius 1 is 1.35 bits per heavy atom. The minimum atomic E-state index is 0.378. The van der Waals surface area contributed by atoms with Gasteiger partial charge >= 0.3 is 0 Å². The summed E-state index contributed by atoms with van der Waals surface area (Å²) in [4.78, 5) is 11.5. The molecule has 1 aromatic heterocycles. The van der Waals surface area contributed by atoms with Crippen LogP contribution in [0.15, 0.2) is 6.20 Å². The molecule has 1 N–H and O–H groups in total. The second kappa shape index (κ2) is 6.06. The van der Waals surface area contributed by atoms with Crippen LogP contribution in [0.2, 0.25) is 0 Å². The molecule has 20 heavy (non-hydrogen) atoms. The molecule has 0 aromatic carbocycles. The van der Waals surface area contributed by atoms with E-state index in [1.165, 1.54) is 18.4 Å². The van der Waals surface area contributed by atoms with Gasteiger partial charge in [-0.2, -0.15) is 0 Å². The van der Waals surface area contributed by atoms with Crippen LogP contribution < -0.4 is 10.2 Å². The fourth-order valence-electron chi connectivity index (χ4n) is 2.98. The third-order valence-electron chi connectivity index (χ3n) is 4.14. The summed E-state index contributed by atoms with van der Waals surface area (Å²) in [6.45, 7) is 8.00. The highest BCUT2D eigenvalue weighted by molar-refractivity contribution is 5.34. The number of ether oxygens (including phenoxy) is 1. The average Bonchev–Trinajstić information content (AvgIpc) is 2.79. The Labute approximate surface area is 120 Å². The largest absolute Gasteiger partial charge is 0.371 e. The molecule has 0 amide bonds. The Balaban J connectivity index is 1.67. The molecular weight excluding hydrogens is 252 g/mol. The fourth-order valence-corrected chi connectivity index (χ4v) is 2.98. The summed E-state index contributed by atoms with van der Waals surface area (Å²) in [5.41, 5.74) is 2.27. The summed E-state index contributed by atoms with van der Waals surface area (Å²) < 4.78 is 5.86. The monoisotopic (exact) mass is 276 g/mol. The fraction of sp³-hybridized carbons (Fsp3) is 0.733. The van der Waals surface area contributed by atoms with E-state index < -0.39 is 0 Å². The van der Waals surface area contributed by atoms with E-state index in [-0.39, 0.29) is 0 Å². The minimum absolute atomic E-state index is 0.378. The number of nitrogens with zero attached hydrogens (tertiary/aromatic N) is 3. The summed E-state index contributed by atoms with van der Waals surface area (Å²) in [6.07, 6.45) is 6.23. The number of aryl methyl sites for hydroxylation is 1. The summed E-state index contributed by atoms with van der Waals surface area (Å²) in [5, 5.41) is 3.40. The van der Waals surface area contributed by atoms with Gasteiger partial charge in [-0.05, 0) is 32.7 Å². The van der Waals surface area contributed by atoms with Crippen LogP contribution in [-0.4, -0.2) is 41.8 Å². The smallest absolute Gasteiger partial charge is 0.225 e. The first-order valence-corrected chi connectivity index (χ1v) is 7.70. The van der Waals surface area contributed by atoms with Crippen LogP contribution >= 0.6 is 0 Å². The second-order valence-electron chi connectivity index (χ2n) is 5.82. The molecule has 2 unspecified atom stereocenters. The van der Waals surface area contributed by atoms with Crippen LogP contribution in [0.1, 0.15) is 37.4 Å². The van der Waals surface area contributed by atoms with Crippen LogP contribution in [0.5, 0.6) is 0 Å². The molecule has 2 aliphatic rings. The maximum Gasteiger partial charge on any atom is 0.225 e.